The number of rotatable bonds is 8. The van der Waals surface area contributed by atoms with Crippen molar-refractivity contribution in [2.45, 2.75) is 66.0 Å². The highest BCUT2D eigenvalue weighted by Gasteiger charge is 2.36. The molecular formula is C17H34N2O2. The van der Waals surface area contributed by atoms with E-state index in [1.54, 1.807) is 0 Å². The van der Waals surface area contributed by atoms with E-state index in [-0.39, 0.29) is 12.0 Å². The molecule has 1 N–H and O–H groups in total. The fourth-order valence-electron chi connectivity index (χ4n) is 3.15. The predicted molar refractivity (Wildman–Crippen MR) is 87.3 cm³/mol. The summed E-state index contributed by atoms with van der Waals surface area (Å²) in [4.78, 5) is 14.8. The molecule has 1 heterocycles. The zero-order valence-electron chi connectivity index (χ0n) is 14.7. The Morgan fingerprint density at radius 2 is 2.05 bits per heavy atom. The summed E-state index contributed by atoms with van der Waals surface area (Å²) < 4.78 is 5.26. The van der Waals surface area contributed by atoms with Gasteiger partial charge in [-0.2, -0.15) is 0 Å². The number of esters is 1. The van der Waals surface area contributed by atoms with E-state index in [4.69, 9.17) is 4.74 Å². The number of likely N-dealkylation sites (tertiary alicyclic amines) is 1. The molecule has 4 nitrogen and oxygen atoms in total. The minimum Gasteiger partial charge on any atom is -0.465 e. The lowest BCUT2D eigenvalue weighted by molar-refractivity contribution is -0.151. The quantitative estimate of drug-likeness (QED) is 0.700. The number of hydrogen-bond donors (Lipinski definition) is 1. The van der Waals surface area contributed by atoms with Gasteiger partial charge in [0, 0.05) is 19.1 Å². The molecular weight excluding hydrogens is 264 g/mol. The Hall–Kier alpha value is -0.610. The maximum Gasteiger partial charge on any atom is 0.326 e. The second-order valence-electron chi connectivity index (χ2n) is 7.19. The van der Waals surface area contributed by atoms with Gasteiger partial charge < -0.3 is 9.64 Å². The topological polar surface area (TPSA) is 41.6 Å². The molecule has 4 heteroatoms. The van der Waals surface area contributed by atoms with Gasteiger partial charge in [0.2, 0.25) is 0 Å². The average molecular weight is 298 g/mol. The van der Waals surface area contributed by atoms with Crippen LogP contribution in [0.3, 0.4) is 0 Å². The molecule has 0 aliphatic carbocycles. The van der Waals surface area contributed by atoms with Crippen molar-refractivity contribution in [2.24, 2.45) is 11.8 Å². The first-order valence-corrected chi connectivity index (χ1v) is 8.45. The summed E-state index contributed by atoms with van der Waals surface area (Å²) in [5.41, 5.74) is -0.583. The van der Waals surface area contributed by atoms with Gasteiger partial charge in [0.25, 0.3) is 0 Å². The van der Waals surface area contributed by atoms with Crippen molar-refractivity contribution in [3.63, 3.8) is 0 Å². The second-order valence-corrected chi connectivity index (χ2v) is 7.19. The molecule has 0 spiro atoms. The smallest absolute Gasteiger partial charge is 0.326 e. The van der Waals surface area contributed by atoms with Crippen LogP contribution in [0.4, 0.5) is 0 Å². The Labute approximate surface area is 130 Å². The number of hydrogen-bond acceptors (Lipinski definition) is 4. The summed E-state index contributed by atoms with van der Waals surface area (Å²) in [6.07, 6.45) is 2.08. The Kier molecular flexibility index (Phi) is 7.14. The Morgan fingerprint density at radius 3 is 2.52 bits per heavy atom. The molecule has 2 atom stereocenters. The summed E-state index contributed by atoms with van der Waals surface area (Å²) in [6.45, 7) is 16.3. The first-order chi connectivity index (χ1) is 9.78. The molecule has 1 fully saturated rings. The van der Waals surface area contributed by atoms with Crippen molar-refractivity contribution < 1.29 is 9.53 Å². The third-order valence-corrected chi connectivity index (χ3v) is 4.51. The van der Waals surface area contributed by atoms with Gasteiger partial charge in [-0.05, 0) is 58.9 Å². The van der Waals surface area contributed by atoms with Gasteiger partial charge >= 0.3 is 5.97 Å². The van der Waals surface area contributed by atoms with Crippen LogP contribution < -0.4 is 5.32 Å². The normalized spacial score (nSPS) is 22.8. The SMILES string of the molecule is CCOC(=O)C(C)(CCN1CCC(C(C)C)C1)NC(C)C. The fourth-order valence-corrected chi connectivity index (χ4v) is 3.15. The molecule has 0 bridgehead atoms. The number of carbonyl (C=O) groups excluding carboxylic acids is 1. The highest BCUT2D eigenvalue weighted by Crippen LogP contribution is 2.25. The van der Waals surface area contributed by atoms with Crippen LogP contribution in [0.15, 0.2) is 0 Å². The van der Waals surface area contributed by atoms with E-state index in [0.717, 1.165) is 37.9 Å². The van der Waals surface area contributed by atoms with Crippen LogP contribution in [-0.2, 0) is 9.53 Å². The minimum atomic E-state index is -0.583. The number of nitrogens with zero attached hydrogens (tertiary/aromatic N) is 1. The highest BCUT2D eigenvalue weighted by atomic mass is 16.5. The summed E-state index contributed by atoms with van der Waals surface area (Å²) in [6, 6.07) is 0.265. The zero-order valence-corrected chi connectivity index (χ0v) is 14.7. The molecule has 2 unspecified atom stereocenters. The maximum atomic E-state index is 12.3. The molecule has 0 radical (unpaired) electrons. The Balaban J connectivity index is 2.56. The van der Waals surface area contributed by atoms with E-state index in [9.17, 15) is 4.79 Å². The van der Waals surface area contributed by atoms with Crippen molar-refractivity contribution in [3.05, 3.63) is 0 Å². The van der Waals surface area contributed by atoms with Crippen LogP contribution in [0.1, 0.15) is 54.4 Å². The number of ether oxygens (including phenoxy) is 1. The molecule has 1 rings (SSSR count). The van der Waals surface area contributed by atoms with E-state index in [1.807, 2.05) is 13.8 Å². The van der Waals surface area contributed by atoms with Crippen molar-refractivity contribution in [2.75, 3.05) is 26.2 Å². The van der Waals surface area contributed by atoms with Crippen molar-refractivity contribution in [1.82, 2.24) is 10.2 Å². The molecule has 124 valence electrons. The Bertz CT molecular complexity index is 331. The molecule has 21 heavy (non-hydrogen) atoms. The largest absolute Gasteiger partial charge is 0.465 e. The molecule has 1 aliphatic rings. The van der Waals surface area contributed by atoms with Crippen molar-refractivity contribution in [1.29, 1.82) is 0 Å². The molecule has 1 saturated heterocycles. The van der Waals surface area contributed by atoms with Crippen LogP contribution in [0.25, 0.3) is 0 Å². The van der Waals surface area contributed by atoms with Crippen molar-refractivity contribution in [3.8, 4) is 0 Å². The van der Waals surface area contributed by atoms with Gasteiger partial charge in [-0.3, -0.25) is 10.1 Å². The van der Waals surface area contributed by atoms with Gasteiger partial charge in [-0.15, -0.1) is 0 Å². The standard InChI is InChI=1S/C17H34N2O2/c1-7-21-16(20)17(6,18-14(4)5)9-11-19-10-8-15(12-19)13(2)3/h13-15,18H,7-12H2,1-6H3. The van der Waals surface area contributed by atoms with E-state index in [0.29, 0.717) is 6.61 Å². The third-order valence-electron chi connectivity index (χ3n) is 4.51. The lowest BCUT2D eigenvalue weighted by Gasteiger charge is -2.32. The van der Waals surface area contributed by atoms with Crippen molar-refractivity contribution >= 4 is 5.97 Å². The van der Waals surface area contributed by atoms with E-state index in [2.05, 4.69) is 37.9 Å². The second kappa shape index (κ2) is 8.14. The summed E-state index contributed by atoms with van der Waals surface area (Å²) in [7, 11) is 0. The first kappa shape index (κ1) is 18.4. The number of nitrogens with one attached hydrogen (secondary N) is 1. The van der Waals surface area contributed by atoms with E-state index < -0.39 is 5.54 Å². The number of carbonyl (C=O) groups is 1. The van der Waals surface area contributed by atoms with Crippen LogP contribution >= 0.6 is 0 Å². The lowest BCUT2D eigenvalue weighted by atomic mass is 9.95. The van der Waals surface area contributed by atoms with E-state index in [1.165, 1.54) is 6.42 Å². The van der Waals surface area contributed by atoms with Gasteiger partial charge in [-0.1, -0.05) is 13.8 Å². The third kappa shape index (κ3) is 5.59. The Morgan fingerprint density at radius 1 is 1.38 bits per heavy atom. The lowest BCUT2D eigenvalue weighted by Crippen LogP contribution is -2.54. The molecule has 0 saturated carbocycles. The summed E-state index contributed by atoms with van der Waals surface area (Å²) >= 11 is 0. The summed E-state index contributed by atoms with van der Waals surface area (Å²) in [5.74, 6) is 1.43. The minimum absolute atomic E-state index is 0.127. The van der Waals surface area contributed by atoms with Gasteiger partial charge in [0.05, 0.1) is 6.61 Å². The molecule has 0 aromatic rings. The molecule has 1 aliphatic heterocycles. The highest BCUT2D eigenvalue weighted by molar-refractivity contribution is 5.80. The van der Waals surface area contributed by atoms with Gasteiger partial charge in [-0.25, -0.2) is 0 Å². The monoisotopic (exact) mass is 298 g/mol. The van der Waals surface area contributed by atoms with Crippen LogP contribution in [0.5, 0.6) is 0 Å². The van der Waals surface area contributed by atoms with Crippen LogP contribution in [-0.4, -0.2) is 48.7 Å². The summed E-state index contributed by atoms with van der Waals surface area (Å²) in [5, 5.41) is 3.40. The fraction of sp³-hybridized carbons (Fsp3) is 0.941. The molecule has 0 aromatic carbocycles. The predicted octanol–water partition coefficient (Wildman–Crippen LogP) is 2.67. The van der Waals surface area contributed by atoms with E-state index >= 15 is 0 Å². The maximum absolute atomic E-state index is 12.3. The van der Waals surface area contributed by atoms with Crippen LogP contribution in [0.2, 0.25) is 0 Å². The first-order valence-electron chi connectivity index (χ1n) is 8.45. The molecule has 0 aromatic heterocycles. The zero-order chi connectivity index (χ0) is 16.0. The van der Waals surface area contributed by atoms with Crippen LogP contribution in [0, 0.1) is 11.8 Å². The molecule has 0 amide bonds. The van der Waals surface area contributed by atoms with Gasteiger partial charge in [0.15, 0.2) is 0 Å². The average Bonchev–Trinajstić information content (AvgIpc) is 2.85. The van der Waals surface area contributed by atoms with Gasteiger partial charge in [0.1, 0.15) is 5.54 Å².